The Morgan fingerprint density at radius 3 is 2.41 bits per heavy atom. The lowest BCUT2D eigenvalue weighted by atomic mass is 9.87. The smallest absolute Gasteiger partial charge is 0.310 e. The Morgan fingerprint density at radius 1 is 1.17 bits per heavy atom. The van der Waals surface area contributed by atoms with Crippen LogP contribution in [0.2, 0.25) is 0 Å². The Labute approximate surface area is 167 Å². The van der Waals surface area contributed by atoms with E-state index >= 15 is 0 Å². The van der Waals surface area contributed by atoms with Crippen LogP contribution in [0.5, 0.6) is 0 Å². The number of hydrogen-bond acceptors (Lipinski definition) is 5. The Balaban J connectivity index is 2.24. The van der Waals surface area contributed by atoms with Gasteiger partial charge < -0.3 is 4.57 Å². The van der Waals surface area contributed by atoms with Gasteiger partial charge in [-0.05, 0) is 31.5 Å². The van der Waals surface area contributed by atoms with Crippen molar-refractivity contribution in [3.05, 3.63) is 35.7 Å². The van der Waals surface area contributed by atoms with Crippen LogP contribution in [0.4, 0.5) is 13.2 Å². The third-order valence-electron chi connectivity index (χ3n) is 4.61. The molecule has 1 atom stereocenters. The number of pyridine rings is 2. The predicted molar refractivity (Wildman–Crippen MR) is 102 cm³/mol. The van der Waals surface area contributed by atoms with Crippen LogP contribution >= 0.6 is 0 Å². The normalized spacial score (nSPS) is 13.4. The van der Waals surface area contributed by atoms with E-state index in [1.54, 1.807) is 33.9 Å². The molecule has 1 unspecified atom stereocenters. The first-order valence-electron chi connectivity index (χ1n) is 8.69. The molecule has 0 bridgehead atoms. The van der Waals surface area contributed by atoms with E-state index in [0.29, 0.717) is 16.2 Å². The molecule has 0 saturated heterocycles. The summed E-state index contributed by atoms with van der Waals surface area (Å²) in [5.41, 5.74) is -0.536. The van der Waals surface area contributed by atoms with Crippen LogP contribution < -0.4 is 0 Å². The number of aromatic nitrogens is 4. The van der Waals surface area contributed by atoms with Gasteiger partial charge in [-0.25, -0.2) is 9.97 Å². The molecule has 152 valence electrons. The minimum Gasteiger partial charge on any atom is -0.310 e. The van der Waals surface area contributed by atoms with Crippen LogP contribution in [0.15, 0.2) is 29.4 Å². The number of nitrogens with zero attached hydrogens (tertiary/aromatic N) is 5. The van der Waals surface area contributed by atoms with E-state index in [1.807, 2.05) is 0 Å². The van der Waals surface area contributed by atoms with Gasteiger partial charge >= 0.3 is 6.18 Å². The number of nitriles is 1. The van der Waals surface area contributed by atoms with Gasteiger partial charge in [0, 0.05) is 25.2 Å². The summed E-state index contributed by atoms with van der Waals surface area (Å²) in [6.45, 7) is 5.19. The highest BCUT2D eigenvalue weighted by atomic mass is 32.2. The van der Waals surface area contributed by atoms with Crippen LogP contribution in [0.1, 0.15) is 31.9 Å². The van der Waals surface area contributed by atoms with Crippen molar-refractivity contribution in [1.29, 1.82) is 5.26 Å². The van der Waals surface area contributed by atoms with Crippen LogP contribution in [-0.4, -0.2) is 29.5 Å². The molecule has 0 radical (unpaired) electrons. The summed E-state index contributed by atoms with van der Waals surface area (Å²) < 4.78 is 53.2. The molecule has 0 amide bonds. The second-order valence-electron chi connectivity index (χ2n) is 7.00. The Kier molecular flexibility index (Phi) is 5.21. The number of halogens is 3. The number of alkyl halides is 3. The van der Waals surface area contributed by atoms with Gasteiger partial charge in [0.25, 0.3) is 0 Å². The summed E-state index contributed by atoms with van der Waals surface area (Å²) in [5, 5.41) is 9.38. The van der Waals surface area contributed by atoms with Gasteiger partial charge in [-0.15, -0.1) is 0 Å². The highest BCUT2D eigenvalue weighted by molar-refractivity contribution is 7.85. The molecule has 10 heteroatoms. The van der Waals surface area contributed by atoms with Crippen LogP contribution in [0.25, 0.3) is 22.7 Å². The zero-order valence-electron chi connectivity index (χ0n) is 16.2. The SMILES string of the molecule is CCS(=O)c1cc(C(C)(C)C#N)cnc1-c1nc2cc(C(F)(F)F)cnc2n1C. The number of fused-ring (bicyclic) bond motifs is 1. The zero-order chi connectivity index (χ0) is 21.6. The Morgan fingerprint density at radius 2 is 1.83 bits per heavy atom. The molecule has 0 spiro atoms. The molecule has 0 aliphatic rings. The summed E-state index contributed by atoms with van der Waals surface area (Å²) in [5.74, 6) is 0.566. The fourth-order valence-corrected chi connectivity index (χ4v) is 3.72. The molecule has 6 nitrogen and oxygen atoms in total. The fourth-order valence-electron chi connectivity index (χ4n) is 2.79. The molecular formula is C19H18F3N5OS. The first kappa shape index (κ1) is 20.9. The number of imidazole rings is 1. The van der Waals surface area contributed by atoms with E-state index in [9.17, 15) is 22.6 Å². The van der Waals surface area contributed by atoms with Crippen LogP contribution in [-0.2, 0) is 29.4 Å². The molecule has 0 aromatic carbocycles. The lowest BCUT2D eigenvalue weighted by molar-refractivity contribution is -0.137. The first-order chi connectivity index (χ1) is 13.5. The minimum absolute atomic E-state index is 0.0637. The lowest BCUT2D eigenvalue weighted by Crippen LogP contribution is -2.16. The predicted octanol–water partition coefficient (Wildman–Crippen LogP) is 3.98. The maximum absolute atomic E-state index is 13.0. The van der Waals surface area contributed by atoms with E-state index in [4.69, 9.17) is 0 Å². The molecule has 0 aliphatic carbocycles. The highest BCUT2D eigenvalue weighted by Gasteiger charge is 2.32. The van der Waals surface area contributed by atoms with E-state index < -0.39 is 28.0 Å². The summed E-state index contributed by atoms with van der Waals surface area (Å²) in [6, 6.07) is 4.76. The molecule has 0 fully saturated rings. The van der Waals surface area contributed by atoms with Crippen molar-refractivity contribution in [2.75, 3.05) is 5.75 Å². The first-order valence-corrected chi connectivity index (χ1v) is 10.0. The molecule has 0 aliphatic heterocycles. The van der Waals surface area contributed by atoms with Crippen molar-refractivity contribution in [1.82, 2.24) is 19.5 Å². The van der Waals surface area contributed by atoms with Gasteiger partial charge in [0.05, 0.1) is 32.7 Å². The molecule has 0 N–H and O–H groups in total. The molecule has 3 aromatic rings. The molecule has 29 heavy (non-hydrogen) atoms. The monoisotopic (exact) mass is 421 g/mol. The van der Waals surface area contributed by atoms with Gasteiger partial charge in [0.15, 0.2) is 11.5 Å². The summed E-state index contributed by atoms with van der Waals surface area (Å²) in [7, 11) is 0.186. The molecular weight excluding hydrogens is 403 g/mol. The second-order valence-corrected chi connectivity index (χ2v) is 8.71. The van der Waals surface area contributed by atoms with E-state index in [0.717, 1.165) is 12.3 Å². The molecule has 3 aromatic heterocycles. The van der Waals surface area contributed by atoms with Crippen molar-refractivity contribution in [2.24, 2.45) is 7.05 Å². The average molecular weight is 421 g/mol. The van der Waals surface area contributed by atoms with Crippen LogP contribution in [0.3, 0.4) is 0 Å². The standard InChI is InChI=1S/C19H18F3N5OS/c1-5-29(28)14-7-11(18(2,3)10-23)8-24-15(14)17-26-13-6-12(19(20,21)22)9-25-16(13)27(17)4/h6-9H,5H2,1-4H3. The van der Waals surface area contributed by atoms with E-state index in [1.165, 1.54) is 10.8 Å². The average Bonchev–Trinajstić information content (AvgIpc) is 3.02. The van der Waals surface area contributed by atoms with Gasteiger partial charge in [-0.3, -0.25) is 9.19 Å². The zero-order valence-corrected chi connectivity index (χ0v) is 17.0. The number of hydrogen-bond donors (Lipinski definition) is 0. The Hall–Kier alpha value is -2.80. The van der Waals surface area contributed by atoms with Crippen molar-refractivity contribution < 1.29 is 17.4 Å². The van der Waals surface area contributed by atoms with Gasteiger partial charge in [0.2, 0.25) is 0 Å². The van der Waals surface area contributed by atoms with Gasteiger partial charge in [-0.2, -0.15) is 18.4 Å². The van der Waals surface area contributed by atoms with E-state index in [2.05, 4.69) is 21.0 Å². The summed E-state index contributed by atoms with van der Waals surface area (Å²) >= 11 is 0. The minimum atomic E-state index is -4.53. The highest BCUT2D eigenvalue weighted by Crippen LogP contribution is 2.33. The maximum Gasteiger partial charge on any atom is 0.417 e. The number of aryl methyl sites for hydroxylation is 1. The van der Waals surface area contributed by atoms with Crippen LogP contribution in [0, 0.1) is 11.3 Å². The van der Waals surface area contributed by atoms with Crippen molar-refractivity contribution in [3.8, 4) is 17.6 Å². The maximum atomic E-state index is 13.0. The van der Waals surface area contributed by atoms with Crippen molar-refractivity contribution in [3.63, 3.8) is 0 Å². The quantitative estimate of drug-likeness (QED) is 0.636. The van der Waals surface area contributed by atoms with Gasteiger partial charge in [0.1, 0.15) is 11.2 Å². The fraction of sp³-hybridized carbons (Fsp3) is 0.368. The Bertz CT molecular complexity index is 1160. The number of rotatable bonds is 4. The summed E-state index contributed by atoms with van der Waals surface area (Å²) in [6.07, 6.45) is -2.27. The molecule has 3 heterocycles. The lowest BCUT2D eigenvalue weighted by Gasteiger charge is -2.17. The van der Waals surface area contributed by atoms with Gasteiger partial charge in [-0.1, -0.05) is 6.92 Å². The van der Waals surface area contributed by atoms with Crippen molar-refractivity contribution >= 4 is 22.0 Å². The third-order valence-corrected chi connectivity index (χ3v) is 5.94. The topological polar surface area (TPSA) is 84.5 Å². The van der Waals surface area contributed by atoms with E-state index in [-0.39, 0.29) is 22.7 Å². The molecule has 0 saturated carbocycles. The van der Waals surface area contributed by atoms with Crippen molar-refractivity contribution in [2.45, 2.75) is 37.3 Å². The summed E-state index contributed by atoms with van der Waals surface area (Å²) in [4.78, 5) is 12.9. The largest absolute Gasteiger partial charge is 0.417 e. The third kappa shape index (κ3) is 3.74. The molecule has 3 rings (SSSR count). The second kappa shape index (κ2) is 7.22.